The normalized spacial score (nSPS) is 52.7. The first kappa shape index (κ1) is 15.1. The second kappa shape index (κ2) is 5.00. The number of hydrogen-bond acceptors (Lipinski definition) is 1. The molecule has 122 valence electrons. The van der Waals surface area contributed by atoms with Crippen molar-refractivity contribution in [2.45, 2.75) is 71.3 Å². The Bertz CT molecular complexity index is 530. The lowest BCUT2D eigenvalue weighted by molar-refractivity contribution is -0.134. The molecule has 3 aliphatic carbocycles. The van der Waals surface area contributed by atoms with Crippen molar-refractivity contribution >= 4 is 17.5 Å². The Balaban J connectivity index is 1.65. The lowest BCUT2D eigenvalue weighted by atomic mass is 9.47. The van der Waals surface area contributed by atoms with Gasteiger partial charge in [0.2, 0.25) is 5.91 Å². The van der Waals surface area contributed by atoms with Crippen LogP contribution in [0.4, 0.5) is 0 Å². The molecule has 0 bridgehead atoms. The van der Waals surface area contributed by atoms with Gasteiger partial charge in [-0.2, -0.15) is 0 Å². The number of rotatable bonds is 0. The number of hydrogen-bond donors (Lipinski definition) is 1. The van der Waals surface area contributed by atoms with E-state index in [0.29, 0.717) is 16.9 Å². The molecule has 1 amide bonds. The average molecular weight is 322 g/mol. The van der Waals surface area contributed by atoms with Crippen LogP contribution in [0.1, 0.15) is 65.2 Å². The summed E-state index contributed by atoms with van der Waals surface area (Å²) in [7, 11) is 0. The molecule has 4 rings (SSSR count). The van der Waals surface area contributed by atoms with Crippen molar-refractivity contribution in [2.75, 3.05) is 0 Å². The maximum absolute atomic E-state index is 11.8. The molecule has 1 saturated heterocycles. The highest BCUT2D eigenvalue weighted by Crippen LogP contribution is 2.65. The fourth-order valence-corrected chi connectivity index (χ4v) is 7.09. The predicted octanol–water partition coefficient (Wildman–Crippen LogP) is 4.63. The number of allylic oxidation sites excluding steroid dienone is 1. The van der Waals surface area contributed by atoms with E-state index in [2.05, 4.69) is 19.2 Å². The molecular weight excluding hydrogens is 294 g/mol. The SMILES string of the molecule is C[C@]12CCC(=O)N[C@@H]1CC[C@@H]1[C@@H]2CC[C@]2(C)/C(=C/Cl)CC[C@@H]12. The minimum atomic E-state index is 0.273. The molecule has 1 heterocycles. The summed E-state index contributed by atoms with van der Waals surface area (Å²) in [5.41, 5.74) is 4.06. The summed E-state index contributed by atoms with van der Waals surface area (Å²) in [6.45, 7) is 4.93. The molecule has 3 heteroatoms. The van der Waals surface area contributed by atoms with E-state index in [4.69, 9.17) is 11.6 Å². The molecular formula is C19H28ClNO. The largest absolute Gasteiger partial charge is 0.353 e. The van der Waals surface area contributed by atoms with Crippen molar-refractivity contribution in [3.8, 4) is 0 Å². The van der Waals surface area contributed by atoms with E-state index in [1.807, 2.05) is 5.54 Å². The number of carbonyl (C=O) groups excluding carboxylic acids is 1. The van der Waals surface area contributed by atoms with Crippen LogP contribution in [-0.4, -0.2) is 11.9 Å². The molecule has 1 aliphatic heterocycles. The van der Waals surface area contributed by atoms with E-state index in [-0.39, 0.29) is 5.91 Å². The molecule has 0 unspecified atom stereocenters. The van der Waals surface area contributed by atoms with Crippen molar-refractivity contribution in [3.63, 3.8) is 0 Å². The molecule has 6 atom stereocenters. The number of amides is 1. The van der Waals surface area contributed by atoms with Gasteiger partial charge in [0, 0.05) is 18.0 Å². The Kier molecular flexibility index (Phi) is 3.42. The quantitative estimate of drug-likeness (QED) is 0.692. The average Bonchev–Trinajstić information content (AvgIpc) is 2.84. The van der Waals surface area contributed by atoms with Gasteiger partial charge >= 0.3 is 0 Å². The molecule has 0 aromatic heterocycles. The van der Waals surface area contributed by atoms with Crippen molar-refractivity contribution in [1.82, 2.24) is 5.32 Å². The Labute approximate surface area is 139 Å². The summed E-state index contributed by atoms with van der Waals surface area (Å²) in [4.78, 5) is 11.8. The summed E-state index contributed by atoms with van der Waals surface area (Å²) in [6, 6.07) is 0.420. The van der Waals surface area contributed by atoms with E-state index < -0.39 is 0 Å². The molecule has 0 aromatic carbocycles. The molecule has 2 nitrogen and oxygen atoms in total. The van der Waals surface area contributed by atoms with E-state index in [1.54, 1.807) is 0 Å². The molecule has 0 radical (unpaired) electrons. The van der Waals surface area contributed by atoms with Crippen molar-refractivity contribution < 1.29 is 4.79 Å². The minimum absolute atomic E-state index is 0.273. The van der Waals surface area contributed by atoms with Gasteiger partial charge in [-0.3, -0.25) is 4.79 Å². The Morgan fingerprint density at radius 1 is 1.09 bits per heavy atom. The summed E-state index contributed by atoms with van der Waals surface area (Å²) >= 11 is 6.14. The van der Waals surface area contributed by atoms with Crippen LogP contribution in [0.5, 0.6) is 0 Å². The summed E-state index contributed by atoms with van der Waals surface area (Å²) in [5, 5.41) is 3.31. The third-order valence-corrected chi connectivity index (χ3v) is 8.34. The maximum Gasteiger partial charge on any atom is 0.220 e. The fraction of sp³-hybridized carbons (Fsp3) is 0.842. The third kappa shape index (κ3) is 1.89. The van der Waals surface area contributed by atoms with Gasteiger partial charge in [-0.05, 0) is 73.5 Å². The zero-order valence-electron chi connectivity index (χ0n) is 13.8. The van der Waals surface area contributed by atoms with Gasteiger partial charge in [0.1, 0.15) is 0 Å². The lowest BCUT2D eigenvalue weighted by Gasteiger charge is -2.59. The fourth-order valence-electron chi connectivity index (χ4n) is 6.73. The maximum atomic E-state index is 11.8. The molecule has 0 aromatic rings. The van der Waals surface area contributed by atoms with Gasteiger partial charge in [-0.15, -0.1) is 0 Å². The number of halogens is 1. The first-order valence-electron chi connectivity index (χ1n) is 9.08. The zero-order valence-corrected chi connectivity index (χ0v) is 14.6. The first-order valence-corrected chi connectivity index (χ1v) is 9.52. The van der Waals surface area contributed by atoms with Crippen molar-refractivity contribution in [3.05, 3.63) is 11.1 Å². The molecule has 4 aliphatic rings. The lowest BCUT2D eigenvalue weighted by Crippen LogP contribution is -2.60. The van der Waals surface area contributed by atoms with Crippen LogP contribution in [0.3, 0.4) is 0 Å². The second-order valence-corrected chi connectivity index (χ2v) is 8.93. The van der Waals surface area contributed by atoms with E-state index in [1.165, 1.54) is 44.1 Å². The van der Waals surface area contributed by atoms with Gasteiger partial charge in [0.25, 0.3) is 0 Å². The van der Waals surface area contributed by atoms with Crippen molar-refractivity contribution in [1.29, 1.82) is 0 Å². The highest BCUT2D eigenvalue weighted by Gasteiger charge is 2.59. The zero-order chi connectivity index (χ0) is 15.5. The topological polar surface area (TPSA) is 29.1 Å². The van der Waals surface area contributed by atoms with Crippen LogP contribution in [0.2, 0.25) is 0 Å². The smallest absolute Gasteiger partial charge is 0.220 e. The Hall–Kier alpha value is -0.500. The number of nitrogens with one attached hydrogen (secondary N) is 1. The van der Waals surface area contributed by atoms with Crippen LogP contribution in [0.15, 0.2) is 11.1 Å². The van der Waals surface area contributed by atoms with Crippen LogP contribution < -0.4 is 5.32 Å². The number of piperidine rings is 1. The Morgan fingerprint density at radius 2 is 1.91 bits per heavy atom. The van der Waals surface area contributed by atoms with E-state index in [9.17, 15) is 4.79 Å². The van der Waals surface area contributed by atoms with Gasteiger partial charge in [0.15, 0.2) is 0 Å². The van der Waals surface area contributed by atoms with E-state index >= 15 is 0 Å². The molecule has 3 saturated carbocycles. The molecule has 4 fully saturated rings. The molecule has 22 heavy (non-hydrogen) atoms. The summed E-state index contributed by atoms with van der Waals surface area (Å²) in [6.07, 6.45) is 9.41. The van der Waals surface area contributed by atoms with Crippen LogP contribution in [0.25, 0.3) is 0 Å². The van der Waals surface area contributed by atoms with E-state index in [0.717, 1.165) is 30.6 Å². The minimum Gasteiger partial charge on any atom is -0.353 e. The highest BCUT2D eigenvalue weighted by atomic mass is 35.5. The van der Waals surface area contributed by atoms with Crippen LogP contribution in [0, 0.1) is 28.6 Å². The monoisotopic (exact) mass is 321 g/mol. The van der Waals surface area contributed by atoms with Crippen LogP contribution in [-0.2, 0) is 4.79 Å². The van der Waals surface area contributed by atoms with Gasteiger partial charge < -0.3 is 5.32 Å². The van der Waals surface area contributed by atoms with Gasteiger partial charge in [-0.1, -0.05) is 31.0 Å². The number of fused-ring (bicyclic) bond motifs is 5. The highest BCUT2D eigenvalue weighted by molar-refractivity contribution is 6.25. The second-order valence-electron chi connectivity index (χ2n) is 8.71. The standard InChI is InChI=1S/C19H28ClNO/c1-18-9-7-15-13(14(18)5-3-12(18)11-20)4-6-16-19(15,2)10-8-17(22)21-16/h11,13-16H,3-10H2,1-2H3,(H,21,22)/b12-11+/t13-,14-,15-,16+,18+,19+/m0/s1. The first-order chi connectivity index (χ1) is 10.5. The number of carbonyl (C=O) groups is 1. The third-order valence-electron chi connectivity index (χ3n) is 8.07. The molecule has 1 N–H and O–H groups in total. The van der Waals surface area contributed by atoms with Gasteiger partial charge in [-0.25, -0.2) is 0 Å². The summed E-state index contributed by atoms with van der Waals surface area (Å²) < 4.78 is 0. The predicted molar refractivity (Wildman–Crippen MR) is 89.5 cm³/mol. The van der Waals surface area contributed by atoms with Gasteiger partial charge in [0.05, 0.1) is 0 Å². The van der Waals surface area contributed by atoms with Crippen molar-refractivity contribution in [2.24, 2.45) is 28.6 Å². The molecule has 0 spiro atoms. The summed E-state index contributed by atoms with van der Waals surface area (Å²) in [5.74, 6) is 2.71. The Morgan fingerprint density at radius 3 is 2.68 bits per heavy atom. The van der Waals surface area contributed by atoms with Crippen LogP contribution >= 0.6 is 11.6 Å².